The van der Waals surface area contributed by atoms with Crippen LogP contribution in [-0.2, 0) is 20.7 Å². The maximum atomic E-state index is 13.0. The van der Waals surface area contributed by atoms with Crippen LogP contribution in [0, 0.1) is 0 Å². The van der Waals surface area contributed by atoms with Crippen LogP contribution in [0.3, 0.4) is 0 Å². The quantitative estimate of drug-likeness (QED) is 0.795. The molecule has 1 aliphatic heterocycles. The van der Waals surface area contributed by atoms with E-state index in [1.165, 1.54) is 4.90 Å². The highest BCUT2D eigenvalue weighted by Gasteiger charge is 2.43. The van der Waals surface area contributed by atoms with E-state index in [9.17, 15) is 24.6 Å². The largest absolute Gasteiger partial charge is 0.480 e. The van der Waals surface area contributed by atoms with Gasteiger partial charge in [-0.15, -0.1) is 0 Å². The van der Waals surface area contributed by atoms with E-state index in [0.29, 0.717) is 0 Å². The number of rotatable bonds is 5. The molecule has 0 spiro atoms. The minimum absolute atomic E-state index is 0.0148. The number of benzene rings is 1. The Balaban J connectivity index is 2.30. The summed E-state index contributed by atoms with van der Waals surface area (Å²) in [4.78, 5) is 39.5. The molecule has 27 heavy (non-hydrogen) atoms. The van der Waals surface area contributed by atoms with Gasteiger partial charge in [0, 0.05) is 19.5 Å². The first-order valence-electron chi connectivity index (χ1n) is 8.81. The van der Waals surface area contributed by atoms with Crippen molar-refractivity contribution in [2.45, 2.75) is 44.9 Å². The third kappa shape index (κ3) is 5.19. The molecule has 2 rings (SSSR count). The average Bonchev–Trinajstić information content (AvgIpc) is 2.57. The molecule has 1 heterocycles. The van der Waals surface area contributed by atoms with Crippen molar-refractivity contribution in [3.05, 3.63) is 35.9 Å². The Morgan fingerprint density at radius 3 is 2.37 bits per heavy atom. The fraction of sp³-hybridized carbons (Fsp3) is 0.526. The van der Waals surface area contributed by atoms with Crippen molar-refractivity contribution in [2.24, 2.45) is 0 Å². The molecule has 0 unspecified atom stereocenters. The highest BCUT2D eigenvalue weighted by Crippen LogP contribution is 2.21. The molecule has 0 radical (unpaired) electrons. The Kier molecular flexibility index (Phi) is 6.43. The van der Waals surface area contributed by atoms with Gasteiger partial charge >= 0.3 is 12.1 Å². The highest BCUT2D eigenvalue weighted by molar-refractivity contribution is 5.90. The van der Waals surface area contributed by atoms with Gasteiger partial charge < -0.3 is 19.8 Å². The first kappa shape index (κ1) is 20.7. The topological polar surface area (TPSA) is 107 Å². The molecular weight excluding hydrogens is 352 g/mol. The van der Waals surface area contributed by atoms with Crippen LogP contribution in [0.15, 0.2) is 30.3 Å². The minimum atomic E-state index is -1.34. The molecule has 1 aliphatic rings. The average molecular weight is 378 g/mol. The fourth-order valence-corrected chi connectivity index (χ4v) is 3.00. The van der Waals surface area contributed by atoms with Crippen LogP contribution in [0.1, 0.15) is 26.3 Å². The third-order valence-corrected chi connectivity index (χ3v) is 4.26. The summed E-state index contributed by atoms with van der Waals surface area (Å²) in [6.45, 7) is 4.67. The van der Waals surface area contributed by atoms with Gasteiger partial charge in [-0.1, -0.05) is 30.3 Å². The summed E-state index contributed by atoms with van der Waals surface area (Å²) in [7, 11) is 0. The Hall–Kier alpha value is -2.61. The zero-order valence-corrected chi connectivity index (χ0v) is 15.8. The summed E-state index contributed by atoms with van der Waals surface area (Å²) in [5.41, 5.74) is 0.116. The van der Waals surface area contributed by atoms with Crippen LogP contribution in [0.25, 0.3) is 0 Å². The van der Waals surface area contributed by atoms with E-state index in [0.717, 1.165) is 10.5 Å². The minimum Gasteiger partial charge on any atom is -0.480 e. The second-order valence-corrected chi connectivity index (χ2v) is 7.45. The standard InChI is InChI=1S/C19H26N2O6/c1-19(2,3)27-18(26)21-10-9-20(15(12-22)17(24)25)16(23)14(21)11-13-7-5-4-6-8-13/h4-8,14-15,22H,9-12H2,1-3H3,(H,24,25)/t14-,15+/m0/s1. The van der Waals surface area contributed by atoms with Crippen molar-refractivity contribution in [1.82, 2.24) is 9.80 Å². The van der Waals surface area contributed by atoms with Gasteiger partial charge in [0.2, 0.25) is 5.91 Å². The van der Waals surface area contributed by atoms with E-state index in [1.54, 1.807) is 20.8 Å². The summed E-state index contributed by atoms with van der Waals surface area (Å²) in [5.74, 6) is -1.80. The molecule has 148 valence electrons. The predicted molar refractivity (Wildman–Crippen MR) is 97.1 cm³/mol. The molecule has 1 fully saturated rings. The van der Waals surface area contributed by atoms with E-state index in [2.05, 4.69) is 0 Å². The van der Waals surface area contributed by atoms with Gasteiger partial charge in [-0.05, 0) is 26.3 Å². The van der Waals surface area contributed by atoms with Crippen LogP contribution in [0.2, 0.25) is 0 Å². The molecule has 0 bridgehead atoms. The lowest BCUT2D eigenvalue weighted by Gasteiger charge is -2.42. The number of nitrogens with zero attached hydrogens (tertiary/aromatic N) is 2. The van der Waals surface area contributed by atoms with E-state index in [-0.39, 0.29) is 19.5 Å². The van der Waals surface area contributed by atoms with E-state index in [4.69, 9.17) is 4.74 Å². The van der Waals surface area contributed by atoms with Crippen molar-refractivity contribution >= 4 is 18.0 Å². The third-order valence-electron chi connectivity index (χ3n) is 4.26. The van der Waals surface area contributed by atoms with Crippen LogP contribution < -0.4 is 0 Å². The number of hydrogen-bond acceptors (Lipinski definition) is 5. The summed E-state index contributed by atoms with van der Waals surface area (Å²) in [6.07, 6.45) is -0.389. The lowest BCUT2D eigenvalue weighted by atomic mass is 10.0. The summed E-state index contributed by atoms with van der Waals surface area (Å²) in [6, 6.07) is 6.93. The first-order chi connectivity index (χ1) is 12.6. The number of piperazine rings is 1. The first-order valence-corrected chi connectivity index (χ1v) is 8.81. The van der Waals surface area contributed by atoms with E-state index in [1.807, 2.05) is 30.3 Å². The molecule has 2 amide bonds. The number of hydrogen-bond donors (Lipinski definition) is 2. The zero-order valence-electron chi connectivity index (χ0n) is 15.8. The molecule has 2 N–H and O–H groups in total. The normalized spacial score (nSPS) is 19.0. The van der Waals surface area contributed by atoms with Crippen LogP contribution in [0.5, 0.6) is 0 Å². The van der Waals surface area contributed by atoms with Crippen molar-refractivity contribution in [3.63, 3.8) is 0 Å². The van der Waals surface area contributed by atoms with Gasteiger partial charge in [0.15, 0.2) is 6.04 Å². The summed E-state index contributed by atoms with van der Waals surface area (Å²) < 4.78 is 5.41. The number of carboxylic acid groups (broad SMARTS) is 1. The van der Waals surface area contributed by atoms with Gasteiger partial charge in [-0.25, -0.2) is 9.59 Å². The maximum absolute atomic E-state index is 13.0. The van der Waals surface area contributed by atoms with Gasteiger partial charge in [-0.2, -0.15) is 0 Å². The SMILES string of the molecule is CC(C)(C)OC(=O)N1CCN([C@H](CO)C(=O)O)C(=O)[C@@H]1Cc1ccccc1. The smallest absolute Gasteiger partial charge is 0.411 e. The van der Waals surface area contributed by atoms with Crippen molar-refractivity contribution < 1.29 is 29.3 Å². The lowest BCUT2D eigenvalue weighted by Crippen LogP contribution is -2.63. The molecule has 2 atom stereocenters. The second kappa shape index (κ2) is 8.39. The number of carbonyl (C=O) groups is 3. The number of aliphatic hydroxyl groups is 1. The summed E-state index contributed by atoms with van der Waals surface area (Å²) >= 11 is 0. The van der Waals surface area contributed by atoms with Crippen LogP contribution in [0.4, 0.5) is 4.79 Å². The molecule has 8 heteroatoms. The van der Waals surface area contributed by atoms with Gasteiger partial charge in [0.1, 0.15) is 11.6 Å². The molecule has 0 aliphatic carbocycles. The molecule has 0 saturated carbocycles. The second-order valence-electron chi connectivity index (χ2n) is 7.45. The maximum Gasteiger partial charge on any atom is 0.411 e. The predicted octanol–water partition coefficient (Wildman–Crippen LogP) is 1.12. The lowest BCUT2D eigenvalue weighted by molar-refractivity contribution is -0.157. The number of carboxylic acids is 1. The van der Waals surface area contributed by atoms with Gasteiger partial charge in [0.25, 0.3) is 0 Å². The molecular formula is C19H26N2O6. The number of amides is 2. The number of aliphatic hydroxyl groups excluding tert-OH is 1. The molecule has 1 aromatic rings. The molecule has 8 nitrogen and oxygen atoms in total. The van der Waals surface area contributed by atoms with Crippen molar-refractivity contribution in [2.75, 3.05) is 19.7 Å². The highest BCUT2D eigenvalue weighted by atomic mass is 16.6. The van der Waals surface area contributed by atoms with E-state index >= 15 is 0 Å². The van der Waals surface area contributed by atoms with Crippen molar-refractivity contribution in [1.29, 1.82) is 0 Å². The van der Waals surface area contributed by atoms with E-state index < -0.39 is 42.3 Å². The Bertz CT molecular complexity index is 685. The molecule has 1 saturated heterocycles. The van der Waals surface area contributed by atoms with Gasteiger partial charge in [-0.3, -0.25) is 9.69 Å². The zero-order chi connectivity index (χ0) is 20.2. The monoisotopic (exact) mass is 378 g/mol. The number of carbonyl (C=O) groups excluding carboxylic acids is 2. The molecule has 1 aromatic carbocycles. The van der Waals surface area contributed by atoms with Crippen molar-refractivity contribution in [3.8, 4) is 0 Å². The van der Waals surface area contributed by atoms with Crippen LogP contribution >= 0.6 is 0 Å². The Morgan fingerprint density at radius 2 is 1.85 bits per heavy atom. The Morgan fingerprint density at radius 1 is 1.22 bits per heavy atom. The summed E-state index contributed by atoms with van der Waals surface area (Å²) in [5, 5.41) is 18.7. The Labute approximate surface area is 158 Å². The van der Waals surface area contributed by atoms with Gasteiger partial charge in [0.05, 0.1) is 6.61 Å². The fourth-order valence-electron chi connectivity index (χ4n) is 3.00. The number of ether oxygens (including phenoxy) is 1. The molecule has 0 aromatic heterocycles. The number of aliphatic carboxylic acids is 1. The van der Waals surface area contributed by atoms with Crippen LogP contribution in [-0.4, -0.2) is 75.4 Å².